The van der Waals surface area contributed by atoms with Gasteiger partial charge in [-0.1, -0.05) is 13.8 Å². The number of hydrogen-bond acceptors (Lipinski definition) is 4. The topological polar surface area (TPSA) is 79.0 Å². The lowest BCUT2D eigenvalue weighted by atomic mass is 10.2. The summed E-state index contributed by atoms with van der Waals surface area (Å²) >= 11 is 0. The summed E-state index contributed by atoms with van der Waals surface area (Å²) in [5.41, 5.74) is -0.528. The van der Waals surface area contributed by atoms with E-state index in [-0.39, 0.29) is 30.4 Å². The van der Waals surface area contributed by atoms with E-state index >= 15 is 0 Å². The van der Waals surface area contributed by atoms with Crippen LogP contribution >= 0.6 is 0 Å². The summed E-state index contributed by atoms with van der Waals surface area (Å²) < 4.78 is 5.36. The van der Waals surface area contributed by atoms with E-state index in [0.29, 0.717) is 32.6 Å². The lowest BCUT2D eigenvalue weighted by Gasteiger charge is -2.26. The zero-order valence-electron chi connectivity index (χ0n) is 14.8. The molecule has 0 saturated carbocycles. The molecule has 0 unspecified atom stereocenters. The summed E-state index contributed by atoms with van der Waals surface area (Å²) in [6, 6.07) is 0. The van der Waals surface area contributed by atoms with Crippen molar-refractivity contribution in [2.24, 2.45) is 5.92 Å². The number of hydrogen-bond donors (Lipinski definition) is 1. The molecule has 1 aliphatic heterocycles. The first-order valence-corrected chi connectivity index (χ1v) is 8.13. The Kier molecular flexibility index (Phi) is 6.84. The third-order valence-electron chi connectivity index (χ3n) is 3.44. The van der Waals surface area contributed by atoms with Crippen LogP contribution in [0.3, 0.4) is 0 Å². The summed E-state index contributed by atoms with van der Waals surface area (Å²) in [4.78, 5) is 39.1. The predicted molar refractivity (Wildman–Crippen MR) is 86.9 cm³/mol. The Labute approximate surface area is 138 Å². The third kappa shape index (κ3) is 6.88. The Balaban J connectivity index is 2.47. The van der Waals surface area contributed by atoms with Gasteiger partial charge in [0.1, 0.15) is 5.60 Å². The van der Waals surface area contributed by atoms with Crippen LogP contribution in [0.4, 0.5) is 4.79 Å². The molecule has 0 aromatic carbocycles. The molecule has 7 heteroatoms. The van der Waals surface area contributed by atoms with E-state index in [0.717, 1.165) is 0 Å². The molecule has 1 saturated heterocycles. The summed E-state index contributed by atoms with van der Waals surface area (Å²) in [6.07, 6.45) is 0.350. The zero-order chi connectivity index (χ0) is 17.6. The van der Waals surface area contributed by atoms with Crippen molar-refractivity contribution in [3.8, 4) is 0 Å². The molecule has 0 bridgehead atoms. The van der Waals surface area contributed by atoms with E-state index in [2.05, 4.69) is 5.32 Å². The highest BCUT2D eigenvalue weighted by Gasteiger charge is 2.26. The van der Waals surface area contributed by atoms with Gasteiger partial charge >= 0.3 is 6.09 Å². The molecule has 1 aliphatic rings. The highest BCUT2D eigenvalue weighted by Crippen LogP contribution is 2.12. The van der Waals surface area contributed by atoms with Gasteiger partial charge in [-0.05, 0) is 27.2 Å². The normalized spacial score (nSPS) is 16.1. The summed E-state index contributed by atoms with van der Waals surface area (Å²) in [7, 11) is 0. The molecule has 23 heavy (non-hydrogen) atoms. The molecule has 7 nitrogen and oxygen atoms in total. The second-order valence-corrected chi connectivity index (χ2v) is 7.07. The molecular weight excluding hydrogens is 298 g/mol. The van der Waals surface area contributed by atoms with Gasteiger partial charge in [-0.2, -0.15) is 0 Å². The first-order valence-electron chi connectivity index (χ1n) is 8.13. The Hall–Kier alpha value is -1.79. The standard InChI is InChI=1S/C16H29N3O4/c1-12(2)14(21)17-11-13(20)18-7-6-8-19(10-9-18)15(22)23-16(3,4)5/h12H,6-11H2,1-5H3,(H,17,21). The van der Waals surface area contributed by atoms with Gasteiger partial charge in [0, 0.05) is 32.1 Å². The fraction of sp³-hybridized carbons (Fsp3) is 0.812. The van der Waals surface area contributed by atoms with Crippen molar-refractivity contribution in [1.82, 2.24) is 15.1 Å². The van der Waals surface area contributed by atoms with Crippen molar-refractivity contribution in [1.29, 1.82) is 0 Å². The molecule has 0 aromatic rings. The highest BCUT2D eigenvalue weighted by molar-refractivity contribution is 5.85. The number of carbonyl (C=O) groups is 3. The van der Waals surface area contributed by atoms with Crippen LogP contribution in [0.15, 0.2) is 0 Å². The van der Waals surface area contributed by atoms with Crippen LogP contribution in [0.2, 0.25) is 0 Å². The molecule has 132 valence electrons. The number of amides is 3. The van der Waals surface area contributed by atoms with Crippen molar-refractivity contribution >= 4 is 17.9 Å². The smallest absolute Gasteiger partial charge is 0.410 e. The number of rotatable bonds is 3. The molecule has 1 heterocycles. The average Bonchev–Trinajstić information content (AvgIpc) is 2.68. The van der Waals surface area contributed by atoms with Crippen LogP contribution in [0.5, 0.6) is 0 Å². The van der Waals surface area contributed by atoms with E-state index in [4.69, 9.17) is 4.74 Å². The Bertz CT molecular complexity index is 443. The highest BCUT2D eigenvalue weighted by atomic mass is 16.6. The van der Waals surface area contributed by atoms with Crippen molar-refractivity contribution in [3.05, 3.63) is 0 Å². The monoisotopic (exact) mass is 327 g/mol. The Morgan fingerprint density at radius 3 is 2.17 bits per heavy atom. The summed E-state index contributed by atoms with van der Waals surface area (Å²) in [5.74, 6) is -0.400. The van der Waals surface area contributed by atoms with Gasteiger partial charge in [0.2, 0.25) is 11.8 Å². The maximum absolute atomic E-state index is 12.2. The van der Waals surface area contributed by atoms with Crippen LogP contribution in [-0.4, -0.2) is 66.0 Å². The van der Waals surface area contributed by atoms with Gasteiger partial charge < -0.3 is 19.9 Å². The number of carbonyl (C=O) groups excluding carboxylic acids is 3. The molecule has 0 radical (unpaired) electrons. The largest absolute Gasteiger partial charge is 0.444 e. The maximum Gasteiger partial charge on any atom is 0.410 e. The number of nitrogens with one attached hydrogen (secondary N) is 1. The fourth-order valence-electron chi connectivity index (χ4n) is 2.15. The maximum atomic E-state index is 12.2. The van der Waals surface area contributed by atoms with E-state index in [9.17, 15) is 14.4 Å². The minimum absolute atomic E-state index is 0.00342. The second-order valence-electron chi connectivity index (χ2n) is 7.07. The van der Waals surface area contributed by atoms with Crippen molar-refractivity contribution in [2.45, 2.75) is 46.6 Å². The SMILES string of the molecule is CC(C)C(=O)NCC(=O)N1CCCN(C(=O)OC(C)(C)C)CC1. The van der Waals surface area contributed by atoms with Gasteiger partial charge in [-0.15, -0.1) is 0 Å². The second kappa shape index (κ2) is 8.17. The molecule has 0 aliphatic carbocycles. The third-order valence-corrected chi connectivity index (χ3v) is 3.44. The quantitative estimate of drug-likeness (QED) is 0.845. The van der Waals surface area contributed by atoms with Crippen LogP contribution in [0.25, 0.3) is 0 Å². The molecule has 3 amide bonds. The first kappa shape index (κ1) is 19.3. The molecule has 0 atom stereocenters. The predicted octanol–water partition coefficient (Wildman–Crippen LogP) is 1.23. The average molecular weight is 327 g/mol. The zero-order valence-corrected chi connectivity index (χ0v) is 14.8. The number of ether oxygens (including phenoxy) is 1. The lowest BCUT2D eigenvalue weighted by Crippen LogP contribution is -2.43. The van der Waals surface area contributed by atoms with Crippen LogP contribution in [0.1, 0.15) is 41.0 Å². The molecule has 0 aromatic heterocycles. The van der Waals surface area contributed by atoms with Crippen LogP contribution < -0.4 is 5.32 Å². The van der Waals surface area contributed by atoms with Crippen molar-refractivity contribution in [3.63, 3.8) is 0 Å². The van der Waals surface area contributed by atoms with Crippen molar-refractivity contribution in [2.75, 3.05) is 32.7 Å². The van der Waals surface area contributed by atoms with Crippen LogP contribution in [0, 0.1) is 5.92 Å². The lowest BCUT2D eigenvalue weighted by molar-refractivity contribution is -0.133. The minimum atomic E-state index is -0.528. The van der Waals surface area contributed by atoms with E-state index in [1.165, 1.54) is 0 Å². The Morgan fingerprint density at radius 1 is 1.04 bits per heavy atom. The molecule has 1 N–H and O–H groups in total. The van der Waals surface area contributed by atoms with Gasteiger partial charge in [0.25, 0.3) is 0 Å². The van der Waals surface area contributed by atoms with Crippen LogP contribution in [-0.2, 0) is 14.3 Å². The molecule has 0 spiro atoms. The van der Waals surface area contributed by atoms with Gasteiger partial charge in [-0.25, -0.2) is 4.79 Å². The number of nitrogens with zero attached hydrogens (tertiary/aromatic N) is 2. The first-order chi connectivity index (χ1) is 10.6. The summed E-state index contributed by atoms with van der Waals surface area (Å²) in [6.45, 7) is 11.1. The Morgan fingerprint density at radius 2 is 1.61 bits per heavy atom. The molecule has 1 rings (SSSR count). The van der Waals surface area contributed by atoms with E-state index in [1.54, 1.807) is 23.6 Å². The van der Waals surface area contributed by atoms with E-state index < -0.39 is 5.60 Å². The molecule has 1 fully saturated rings. The van der Waals surface area contributed by atoms with Gasteiger partial charge in [0.15, 0.2) is 0 Å². The van der Waals surface area contributed by atoms with Gasteiger partial charge in [-0.3, -0.25) is 9.59 Å². The molecular formula is C16H29N3O4. The fourth-order valence-corrected chi connectivity index (χ4v) is 2.15. The minimum Gasteiger partial charge on any atom is -0.444 e. The van der Waals surface area contributed by atoms with Crippen molar-refractivity contribution < 1.29 is 19.1 Å². The summed E-state index contributed by atoms with van der Waals surface area (Å²) in [5, 5.41) is 2.63. The van der Waals surface area contributed by atoms with Gasteiger partial charge in [0.05, 0.1) is 6.54 Å². The van der Waals surface area contributed by atoms with E-state index in [1.807, 2.05) is 20.8 Å².